The zero-order valence-electron chi connectivity index (χ0n) is 14.0. The van der Waals surface area contributed by atoms with E-state index in [2.05, 4.69) is 5.32 Å². The van der Waals surface area contributed by atoms with Gasteiger partial charge in [0, 0.05) is 28.5 Å². The molecule has 1 aliphatic rings. The van der Waals surface area contributed by atoms with Crippen LogP contribution in [-0.4, -0.2) is 17.7 Å². The molecule has 5 nitrogen and oxygen atoms in total. The second kappa shape index (κ2) is 7.48. The molecule has 134 valence electrons. The van der Waals surface area contributed by atoms with Crippen molar-refractivity contribution in [3.05, 3.63) is 63.6 Å². The quantitative estimate of drug-likeness (QED) is 0.797. The summed E-state index contributed by atoms with van der Waals surface area (Å²) >= 11 is 12.1. The standard InChI is InChI=1S/C19H16Cl2N2O3/c1-11(15-7-4-13(20)10-16(15)21)22-19(26)12-2-5-14(6-3-12)23-17(24)8-9-18(23)25/h2-7,10-11H,8-9H2,1H3,(H,22,26). The number of carbonyl (C=O) groups is 3. The van der Waals surface area contributed by atoms with Crippen molar-refractivity contribution in [1.82, 2.24) is 5.32 Å². The number of nitrogens with one attached hydrogen (secondary N) is 1. The Balaban J connectivity index is 1.72. The molecule has 0 saturated carbocycles. The Hall–Kier alpha value is -2.37. The lowest BCUT2D eigenvalue weighted by atomic mass is 10.1. The fourth-order valence-electron chi connectivity index (χ4n) is 2.84. The van der Waals surface area contributed by atoms with Crippen LogP contribution in [0.4, 0.5) is 5.69 Å². The maximum Gasteiger partial charge on any atom is 0.251 e. The van der Waals surface area contributed by atoms with Gasteiger partial charge >= 0.3 is 0 Å². The van der Waals surface area contributed by atoms with Crippen LogP contribution in [0.3, 0.4) is 0 Å². The van der Waals surface area contributed by atoms with Gasteiger partial charge in [-0.2, -0.15) is 0 Å². The number of hydrogen-bond donors (Lipinski definition) is 1. The predicted molar refractivity (Wildman–Crippen MR) is 101 cm³/mol. The summed E-state index contributed by atoms with van der Waals surface area (Å²) in [6.07, 6.45) is 0.445. The van der Waals surface area contributed by atoms with Crippen LogP contribution in [0.2, 0.25) is 10.0 Å². The summed E-state index contributed by atoms with van der Waals surface area (Å²) < 4.78 is 0. The molecule has 0 bridgehead atoms. The largest absolute Gasteiger partial charge is 0.345 e. The van der Waals surface area contributed by atoms with Gasteiger partial charge in [-0.05, 0) is 48.9 Å². The fourth-order valence-corrected chi connectivity index (χ4v) is 3.41. The summed E-state index contributed by atoms with van der Waals surface area (Å²) in [4.78, 5) is 37.1. The van der Waals surface area contributed by atoms with Gasteiger partial charge in [0.1, 0.15) is 0 Å². The first-order valence-electron chi connectivity index (χ1n) is 8.08. The van der Waals surface area contributed by atoms with Crippen LogP contribution in [-0.2, 0) is 9.59 Å². The molecule has 2 aromatic rings. The molecule has 1 saturated heterocycles. The number of benzene rings is 2. The zero-order valence-corrected chi connectivity index (χ0v) is 15.5. The van der Waals surface area contributed by atoms with E-state index in [4.69, 9.17) is 23.2 Å². The number of halogens is 2. The average Bonchev–Trinajstić information content (AvgIpc) is 2.93. The molecule has 3 rings (SSSR count). The van der Waals surface area contributed by atoms with Crippen molar-refractivity contribution < 1.29 is 14.4 Å². The van der Waals surface area contributed by atoms with Crippen LogP contribution in [0.1, 0.15) is 41.7 Å². The third kappa shape index (κ3) is 3.74. The highest BCUT2D eigenvalue weighted by molar-refractivity contribution is 6.35. The van der Waals surface area contributed by atoms with Crippen LogP contribution in [0.25, 0.3) is 0 Å². The van der Waals surface area contributed by atoms with Crippen molar-refractivity contribution in [3.63, 3.8) is 0 Å². The molecule has 0 radical (unpaired) electrons. The lowest BCUT2D eigenvalue weighted by molar-refractivity contribution is -0.121. The number of hydrogen-bond acceptors (Lipinski definition) is 3. The van der Waals surface area contributed by atoms with E-state index in [0.29, 0.717) is 21.3 Å². The molecule has 7 heteroatoms. The molecule has 0 aromatic heterocycles. The third-order valence-electron chi connectivity index (χ3n) is 4.22. The number of imide groups is 1. The Bertz CT molecular complexity index is 865. The number of rotatable bonds is 4. The van der Waals surface area contributed by atoms with Crippen molar-refractivity contribution in [2.24, 2.45) is 0 Å². The minimum Gasteiger partial charge on any atom is -0.345 e. The van der Waals surface area contributed by atoms with Gasteiger partial charge in [-0.1, -0.05) is 29.3 Å². The van der Waals surface area contributed by atoms with Gasteiger partial charge in [-0.15, -0.1) is 0 Å². The summed E-state index contributed by atoms with van der Waals surface area (Å²) in [6.45, 7) is 1.82. The van der Waals surface area contributed by atoms with Crippen LogP contribution in [0.5, 0.6) is 0 Å². The van der Waals surface area contributed by atoms with Gasteiger partial charge in [0.15, 0.2) is 0 Å². The highest BCUT2D eigenvalue weighted by Crippen LogP contribution is 2.27. The fraction of sp³-hybridized carbons (Fsp3) is 0.211. The van der Waals surface area contributed by atoms with Crippen molar-refractivity contribution in [2.45, 2.75) is 25.8 Å². The predicted octanol–water partition coefficient (Wildman–Crippen LogP) is 4.14. The van der Waals surface area contributed by atoms with Crippen LogP contribution in [0.15, 0.2) is 42.5 Å². The highest BCUT2D eigenvalue weighted by Gasteiger charge is 2.30. The number of amides is 3. The SMILES string of the molecule is CC(NC(=O)c1ccc(N2C(=O)CCC2=O)cc1)c1ccc(Cl)cc1Cl. The topological polar surface area (TPSA) is 66.5 Å². The van der Waals surface area contributed by atoms with Crippen LogP contribution < -0.4 is 10.2 Å². The van der Waals surface area contributed by atoms with Crippen molar-refractivity contribution in [1.29, 1.82) is 0 Å². The van der Waals surface area contributed by atoms with Gasteiger partial charge in [0.05, 0.1) is 11.7 Å². The summed E-state index contributed by atoms with van der Waals surface area (Å²) in [7, 11) is 0. The van der Waals surface area contributed by atoms with E-state index in [9.17, 15) is 14.4 Å². The molecule has 1 N–H and O–H groups in total. The summed E-state index contributed by atoms with van der Waals surface area (Å²) in [5, 5.41) is 3.87. The Morgan fingerprint density at radius 3 is 2.23 bits per heavy atom. The lowest BCUT2D eigenvalue weighted by Gasteiger charge is -2.17. The van der Waals surface area contributed by atoms with E-state index in [1.54, 1.807) is 42.5 Å². The molecule has 0 aliphatic carbocycles. The Morgan fingerprint density at radius 2 is 1.65 bits per heavy atom. The number of anilines is 1. The summed E-state index contributed by atoms with van der Waals surface area (Å²) in [5.41, 5.74) is 1.65. The Labute approximate surface area is 160 Å². The minimum atomic E-state index is -0.311. The van der Waals surface area contributed by atoms with E-state index in [1.807, 2.05) is 6.92 Å². The van der Waals surface area contributed by atoms with Crippen LogP contribution >= 0.6 is 23.2 Å². The van der Waals surface area contributed by atoms with Crippen molar-refractivity contribution in [2.75, 3.05) is 4.90 Å². The van der Waals surface area contributed by atoms with E-state index < -0.39 is 0 Å². The smallest absolute Gasteiger partial charge is 0.251 e. The lowest BCUT2D eigenvalue weighted by Crippen LogP contribution is -2.29. The van der Waals surface area contributed by atoms with Gasteiger partial charge in [-0.3, -0.25) is 19.3 Å². The first-order valence-corrected chi connectivity index (χ1v) is 8.84. The molecule has 1 atom stereocenters. The molecule has 1 heterocycles. The monoisotopic (exact) mass is 390 g/mol. The van der Waals surface area contributed by atoms with E-state index in [1.165, 1.54) is 0 Å². The molecular weight excluding hydrogens is 375 g/mol. The second-order valence-corrected chi connectivity index (χ2v) is 6.87. The van der Waals surface area contributed by atoms with Crippen LogP contribution in [0, 0.1) is 0 Å². The molecule has 1 fully saturated rings. The van der Waals surface area contributed by atoms with Gasteiger partial charge in [0.2, 0.25) is 11.8 Å². The summed E-state index contributed by atoms with van der Waals surface area (Å²) in [6, 6.07) is 11.1. The molecule has 26 heavy (non-hydrogen) atoms. The summed E-state index contributed by atoms with van der Waals surface area (Å²) in [5.74, 6) is -0.731. The molecular formula is C19H16Cl2N2O3. The number of nitrogens with zero attached hydrogens (tertiary/aromatic N) is 1. The third-order valence-corrected chi connectivity index (χ3v) is 4.78. The molecule has 3 amide bonds. The van der Waals surface area contributed by atoms with Gasteiger partial charge < -0.3 is 5.32 Å². The minimum absolute atomic E-state index is 0.223. The normalized spacial score (nSPS) is 15.3. The molecule has 0 spiro atoms. The molecule has 2 aromatic carbocycles. The van der Waals surface area contributed by atoms with Crippen molar-refractivity contribution in [3.8, 4) is 0 Å². The molecule has 1 unspecified atom stereocenters. The van der Waals surface area contributed by atoms with Gasteiger partial charge in [0.25, 0.3) is 5.91 Å². The maximum atomic E-state index is 12.4. The van der Waals surface area contributed by atoms with E-state index in [0.717, 1.165) is 10.5 Å². The Kier molecular flexibility index (Phi) is 5.30. The zero-order chi connectivity index (χ0) is 18.8. The molecule has 1 aliphatic heterocycles. The Morgan fingerprint density at radius 1 is 1.04 bits per heavy atom. The first kappa shape index (κ1) is 18.4. The first-order chi connectivity index (χ1) is 12.4. The van der Waals surface area contributed by atoms with Gasteiger partial charge in [-0.25, -0.2) is 0 Å². The van der Waals surface area contributed by atoms with E-state index >= 15 is 0 Å². The number of carbonyl (C=O) groups excluding carboxylic acids is 3. The van der Waals surface area contributed by atoms with Crippen molar-refractivity contribution >= 4 is 46.6 Å². The maximum absolute atomic E-state index is 12.4. The average molecular weight is 391 g/mol. The van der Waals surface area contributed by atoms with E-state index in [-0.39, 0.29) is 36.6 Å². The highest BCUT2D eigenvalue weighted by atomic mass is 35.5. The second-order valence-electron chi connectivity index (χ2n) is 6.03.